The summed E-state index contributed by atoms with van der Waals surface area (Å²) >= 11 is 12.3. The van der Waals surface area contributed by atoms with Gasteiger partial charge in [-0.3, -0.25) is 0 Å². The van der Waals surface area contributed by atoms with Gasteiger partial charge in [0.1, 0.15) is 6.61 Å². The predicted octanol–water partition coefficient (Wildman–Crippen LogP) is 3.04. The van der Waals surface area contributed by atoms with Crippen molar-refractivity contribution in [1.29, 1.82) is 0 Å². The molecule has 2 heterocycles. The monoisotopic (exact) mass is 416 g/mol. The average molecular weight is 417 g/mol. The summed E-state index contributed by atoms with van der Waals surface area (Å²) in [6.07, 6.45) is 1.78. The van der Waals surface area contributed by atoms with Gasteiger partial charge in [0.15, 0.2) is 0 Å². The number of aromatic nitrogens is 6. The van der Waals surface area contributed by atoms with Crippen LogP contribution in [0.25, 0.3) is 11.4 Å². The van der Waals surface area contributed by atoms with Crippen LogP contribution in [0.2, 0.25) is 10.0 Å². The lowest BCUT2D eigenvalue weighted by molar-refractivity contribution is 0.291. The summed E-state index contributed by atoms with van der Waals surface area (Å²) in [5.74, 6) is 0.413. The van der Waals surface area contributed by atoms with Gasteiger partial charge in [-0.1, -0.05) is 34.4 Å². The molecule has 0 radical (unpaired) electrons. The van der Waals surface area contributed by atoms with Crippen molar-refractivity contribution < 1.29 is 4.74 Å². The van der Waals surface area contributed by atoms with E-state index in [0.29, 0.717) is 27.2 Å². The van der Waals surface area contributed by atoms with Crippen LogP contribution in [-0.4, -0.2) is 29.6 Å². The van der Waals surface area contributed by atoms with Crippen molar-refractivity contribution in [3.05, 3.63) is 80.8 Å². The maximum absolute atomic E-state index is 12.0. The highest BCUT2D eigenvalue weighted by Gasteiger charge is 2.15. The zero-order chi connectivity index (χ0) is 19.7. The Balaban J connectivity index is 1.60. The molecule has 0 aliphatic rings. The van der Waals surface area contributed by atoms with Crippen LogP contribution in [0.5, 0.6) is 5.88 Å². The molecular formula is C18H14Cl2N6O2. The van der Waals surface area contributed by atoms with Gasteiger partial charge >= 0.3 is 5.69 Å². The van der Waals surface area contributed by atoms with E-state index in [1.807, 2.05) is 12.1 Å². The van der Waals surface area contributed by atoms with Crippen LogP contribution in [-0.2, 0) is 13.7 Å². The molecule has 0 atom stereocenters. The third-order valence-electron chi connectivity index (χ3n) is 4.07. The van der Waals surface area contributed by atoms with E-state index in [1.54, 1.807) is 54.3 Å². The van der Waals surface area contributed by atoms with Crippen LogP contribution in [0.3, 0.4) is 0 Å². The Morgan fingerprint density at radius 1 is 1.07 bits per heavy atom. The van der Waals surface area contributed by atoms with Gasteiger partial charge in [0.2, 0.25) is 5.88 Å². The fourth-order valence-corrected chi connectivity index (χ4v) is 3.07. The summed E-state index contributed by atoms with van der Waals surface area (Å²) in [6.45, 7) is 0.115. The van der Waals surface area contributed by atoms with Crippen LogP contribution < -0.4 is 10.4 Å². The van der Waals surface area contributed by atoms with E-state index in [0.717, 1.165) is 5.69 Å². The lowest BCUT2D eigenvalue weighted by atomic mass is 10.2. The van der Waals surface area contributed by atoms with Crippen molar-refractivity contribution in [2.24, 2.45) is 7.05 Å². The fraction of sp³-hybridized carbons (Fsp3) is 0.111. The lowest BCUT2D eigenvalue weighted by Gasteiger charge is -2.12. The van der Waals surface area contributed by atoms with Gasteiger partial charge in [0.05, 0.1) is 11.4 Å². The van der Waals surface area contributed by atoms with E-state index in [4.69, 9.17) is 27.9 Å². The molecule has 0 fully saturated rings. The molecule has 142 valence electrons. The summed E-state index contributed by atoms with van der Waals surface area (Å²) in [6, 6.07) is 14.2. The van der Waals surface area contributed by atoms with Crippen molar-refractivity contribution >= 4 is 23.2 Å². The molecule has 0 saturated heterocycles. The minimum atomic E-state index is -0.502. The molecule has 0 aliphatic carbocycles. The molecule has 0 aliphatic heterocycles. The quantitative estimate of drug-likeness (QED) is 0.499. The number of benzene rings is 2. The van der Waals surface area contributed by atoms with Crippen molar-refractivity contribution in [2.45, 2.75) is 6.61 Å². The number of halogens is 2. The first kappa shape index (κ1) is 18.3. The van der Waals surface area contributed by atoms with Gasteiger partial charge < -0.3 is 4.74 Å². The van der Waals surface area contributed by atoms with Gasteiger partial charge in [-0.25, -0.2) is 9.48 Å². The molecule has 0 unspecified atom stereocenters. The molecule has 10 heteroatoms. The van der Waals surface area contributed by atoms with E-state index in [1.165, 1.54) is 9.48 Å². The summed E-state index contributed by atoms with van der Waals surface area (Å²) in [4.78, 5) is 13.4. The zero-order valence-corrected chi connectivity index (χ0v) is 16.2. The molecule has 28 heavy (non-hydrogen) atoms. The molecule has 8 nitrogen and oxygen atoms in total. The zero-order valence-electron chi connectivity index (χ0n) is 14.7. The second kappa shape index (κ2) is 7.49. The summed E-state index contributed by atoms with van der Waals surface area (Å²) in [5.41, 5.74) is 1.52. The Labute approximate surface area is 169 Å². The fourth-order valence-electron chi connectivity index (χ4n) is 2.72. The topological polar surface area (TPSA) is 79.8 Å². The van der Waals surface area contributed by atoms with Crippen molar-refractivity contribution in [2.75, 3.05) is 0 Å². The van der Waals surface area contributed by atoms with Gasteiger partial charge in [0.25, 0.3) is 0 Å². The van der Waals surface area contributed by atoms with E-state index < -0.39 is 5.69 Å². The maximum Gasteiger partial charge on any atom is 0.388 e. The van der Waals surface area contributed by atoms with Crippen LogP contribution in [0.4, 0.5) is 0 Å². The van der Waals surface area contributed by atoms with Crippen LogP contribution >= 0.6 is 23.2 Å². The van der Waals surface area contributed by atoms with Crippen LogP contribution in [0.1, 0.15) is 5.56 Å². The summed E-state index contributed by atoms with van der Waals surface area (Å²) < 4.78 is 8.80. The highest BCUT2D eigenvalue weighted by molar-refractivity contribution is 6.31. The third-order valence-corrected chi connectivity index (χ3v) is 4.68. The van der Waals surface area contributed by atoms with Gasteiger partial charge in [-0.15, -0.1) is 5.10 Å². The summed E-state index contributed by atoms with van der Waals surface area (Å²) in [7, 11) is 1.62. The first-order chi connectivity index (χ1) is 13.5. The van der Waals surface area contributed by atoms with Crippen LogP contribution in [0.15, 0.2) is 59.5 Å². The van der Waals surface area contributed by atoms with E-state index in [9.17, 15) is 4.79 Å². The van der Waals surface area contributed by atoms with Crippen molar-refractivity contribution in [1.82, 2.24) is 29.6 Å². The Morgan fingerprint density at radius 2 is 1.86 bits per heavy atom. The molecule has 2 aromatic carbocycles. The maximum atomic E-state index is 12.0. The molecule has 0 saturated carbocycles. The van der Waals surface area contributed by atoms with E-state index in [-0.39, 0.29) is 6.61 Å². The third kappa shape index (κ3) is 3.51. The SMILES string of the molecule is Cn1nnc(=O)n1-c1cccc(Cl)c1COc1ccn(-c2ccc(Cl)cc2)n1. The molecule has 4 aromatic rings. The summed E-state index contributed by atoms with van der Waals surface area (Å²) in [5, 5.41) is 12.8. The van der Waals surface area contributed by atoms with Gasteiger partial charge in [-0.05, 0) is 41.6 Å². The van der Waals surface area contributed by atoms with Crippen molar-refractivity contribution in [3.63, 3.8) is 0 Å². The smallest absolute Gasteiger partial charge is 0.388 e. The normalized spacial score (nSPS) is 11.0. The number of tetrazole rings is 1. The minimum Gasteiger partial charge on any atom is -0.472 e. The molecule has 0 N–H and O–H groups in total. The number of hydrogen-bond acceptors (Lipinski definition) is 5. The van der Waals surface area contributed by atoms with E-state index in [2.05, 4.69) is 15.4 Å². The number of hydrogen-bond donors (Lipinski definition) is 0. The Bertz CT molecular complexity index is 1180. The highest BCUT2D eigenvalue weighted by Crippen LogP contribution is 2.24. The van der Waals surface area contributed by atoms with Crippen molar-refractivity contribution in [3.8, 4) is 17.3 Å². The van der Waals surface area contributed by atoms with Gasteiger partial charge in [-0.2, -0.15) is 9.48 Å². The average Bonchev–Trinajstić information content (AvgIpc) is 3.28. The largest absolute Gasteiger partial charge is 0.472 e. The Kier molecular flexibility index (Phi) is 4.89. The predicted molar refractivity (Wildman–Crippen MR) is 105 cm³/mol. The second-order valence-corrected chi connectivity index (χ2v) is 6.72. The Hall–Kier alpha value is -3.10. The highest BCUT2D eigenvalue weighted by atomic mass is 35.5. The van der Waals surface area contributed by atoms with Crippen LogP contribution in [0, 0.1) is 0 Å². The lowest BCUT2D eigenvalue weighted by Crippen LogP contribution is -2.22. The molecule has 0 bridgehead atoms. The van der Waals surface area contributed by atoms with E-state index >= 15 is 0 Å². The first-order valence-corrected chi connectivity index (χ1v) is 9.00. The van der Waals surface area contributed by atoms with Gasteiger partial charge in [0, 0.05) is 34.9 Å². The number of ether oxygens (including phenoxy) is 1. The first-order valence-electron chi connectivity index (χ1n) is 8.24. The Morgan fingerprint density at radius 3 is 2.57 bits per heavy atom. The standard InChI is InChI=1S/C18H14Cl2N6O2/c1-24-23-21-18(27)26(24)16-4-2-3-15(20)14(16)11-28-17-9-10-25(22-17)13-7-5-12(19)6-8-13/h2-10H,11H2,1H3. The number of rotatable bonds is 5. The number of aryl methyl sites for hydroxylation is 1. The molecule has 0 spiro atoms. The molecule has 2 aromatic heterocycles. The molecular weight excluding hydrogens is 403 g/mol. The number of nitrogens with zero attached hydrogens (tertiary/aromatic N) is 6. The molecule has 0 amide bonds. The second-order valence-electron chi connectivity index (χ2n) is 5.87. The molecule has 4 rings (SSSR count). The minimum absolute atomic E-state index is 0.115.